The van der Waals surface area contributed by atoms with Crippen LogP contribution in [0.5, 0.6) is 5.75 Å². The maximum atomic E-state index is 9.97. The average molecular weight is 464 g/mol. The number of benzene rings is 1. The summed E-state index contributed by atoms with van der Waals surface area (Å²) in [5.74, 6) is 2.57. The van der Waals surface area contributed by atoms with Gasteiger partial charge < -0.3 is 25.2 Å². The van der Waals surface area contributed by atoms with Crippen molar-refractivity contribution in [2.45, 2.75) is 25.9 Å². The fourth-order valence-electron chi connectivity index (χ4n) is 4.12. The smallest absolute Gasteiger partial charge is 0.160 e. The van der Waals surface area contributed by atoms with Crippen molar-refractivity contribution in [1.29, 1.82) is 0 Å². The summed E-state index contributed by atoms with van der Waals surface area (Å²) in [6.07, 6.45) is 3.11. The topological polar surface area (TPSA) is 101 Å². The summed E-state index contributed by atoms with van der Waals surface area (Å²) in [4.78, 5) is 14.3. The molecule has 0 aliphatic carbocycles. The van der Waals surface area contributed by atoms with Gasteiger partial charge in [0.25, 0.3) is 0 Å². The third-order valence-corrected chi connectivity index (χ3v) is 6.02. The number of rotatable bonds is 10. The highest BCUT2D eigenvalue weighted by atomic mass is 16.5. The second kappa shape index (κ2) is 11.4. The molecule has 2 atom stereocenters. The standard InChI is InChI=1S/C26H33N5O3/c1-17-23(11-18-8-10-33-15-18)30-26(31-25(17)19-7-9-29-24(13-19)28-3)20-5-4-6-22(12-20)34-16-21(32)14-27-2/h4-7,9,12-13,18,21,27,32H,8,10-11,14-16H2,1-3H3,(H,28,29)/t18-,21?/m0/s1. The van der Waals surface area contributed by atoms with Crippen molar-refractivity contribution in [3.8, 4) is 28.4 Å². The van der Waals surface area contributed by atoms with E-state index in [1.807, 2.05) is 43.4 Å². The molecule has 8 heteroatoms. The van der Waals surface area contributed by atoms with Gasteiger partial charge in [-0.25, -0.2) is 15.0 Å². The lowest BCUT2D eigenvalue weighted by Crippen LogP contribution is -2.29. The lowest BCUT2D eigenvalue weighted by Gasteiger charge is -2.16. The van der Waals surface area contributed by atoms with Gasteiger partial charge in [-0.05, 0) is 62.6 Å². The molecule has 0 spiro atoms. The second-order valence-electron chi connectivity index (χ2n) is 8.63. The fraction of sp³-hybridized carbons (Fsp3) is 0.423. The van der Waals surface area contributed by atoms with Gasteiger partial charge in [0.05, 0.1) is 5.69 Å². The van der Waals surface area contributed by atoms with E-state index in [9.17, 15) is 5.11 Å². The third kappa shape index (κ3) is 5.88. The van der Waals surface area contributed by atoms with E-state index in [0.29, 0.717) is 24.0 Å². The molecule has 1 aliphatic heterocycles. The van der Waals surface area contributed by atoms with E-state index >= 15 is 0 Å². The Morgan fingerprint density at radius 2 is 2.06 bits per heavy atom. The Morgan fingerprint density at radius 1 is 1.18 bits per heavy atom. The highest BCUT2D eigenvalue weighted by Crippen LogP contribution is 2.31. The van der Waals surface area contributed by atoms with Crippen molar-refractivity contribution in [3.63, 3.8) is 0 Å². The molecule has 3 aromatic rings. The molecule has 1 aliphatic rings. The van der Waals surface area contributed by atoms with Crippen molar-refractivity contribution in [2.24, 2.45) is 5.92 Å². The molecule has 1 fully saturated rings. The summed E-state index contributed by atoms with van der Waals surface area (Å²) in [7, 11) is 3.66. The van der Waals surface area contributed by atoms with E-state index < -0.39 is 6.10 Å². The second-order valence-corrected chi connectivity index (χ2v) is 8.63. The number of nitrogens with one attached hydrogen (secondary N) is 2. The van der Waals surface area contributed by atoms with Gasteiger partial charge in [-0.3, -0.25) is 0 Å². The highest BCUT2D eigenvalue weighted by Gasteiger charge is 2.21. The number of hydrogen-bond acceptors (Lipinski definition) is 8. The van der Waals surface area contributed by atoms with E-state index in [1.54, 1.807) is 13.2 Å². The minimum atomic E-state index is -0.579. The van der Waals surface area contributed by atoms with Crippen LogP contribution in [0.15, 0.2) is 42.6 Å². The Hall–Kier alpha value is -3.07. The molecule has 3 N–H and O–H groups in total. The van der Waals surface area contributed by atoms with Gasteiger partial charge in [0.1, 0.15) is 24.3 Å². The molecule has 0 amide bonds. The number of pyridine rings is 1. The van der Waals surface area contributed by atoms with Crippen molar-refractivity contribution in [1.82, 2.24) is 20.3 Å². The Labute approximate surface area is 200 Å². The Bertz CT molecular complexity index is 1100. The van der Waals surface area contributed by atoms with Gasteiger partial charge in [-0.2, -0.15) is 0 Å². The molecule has 180 valence electrons. The number of likely N-dealkylation sites (N-methyl/N-ethyl adjacent to an activating group) is 1. The predicted octanol–water partition coefficient (Wildman–Crippen LogP) is 3.09. The molecule has 1 aromatic carbocycles. The Kier molecular flexibility index (Phi) is 8.05. The van der Waals surface area contributed by atoms with Gasteiger partial charge in [-0.15, -0.1) is 0 Å². The monoisotopic (exact) mass is 463 g/mol. The van der Waals surface area contributed by atoms with Crippen molar-refractivity contribution < 1.29 is 14.6 Å². The van der Waals surface area contributed by atoms with Gasteiger partial charge in [0.2, 0.25) is 0 Å². The van der Waals surface area contributed by atoms with Crippen LogP contribution in [0.25, 0.3) is 22.6 Å². The van der Waals surface area contributed by atoms with E-state index in [4.69, 9.17) is 19.4 Å². The summed E-state index contributed by atoms with van der Waals surface area (Å²) >= 11 is 0. The molecule has 34 heavy (non-hydrogen) atoms. The molecule has 3 heterocycles. The Balaban J connectivity index is 1.71. The molecule has 0 bridgehead atoms. The number of hydrogen-bond donors (Lipinski definition) is 3. The van der Waals surface area contributed by atoms with E-state index in [-0.39, 0.29) is 6.61 Å². The zero-order valence-corrected chi connectivity index (χ0v) is 20.0. The zero-order chi connectivity index (χ0) is 23.9. The maximum Gasteiger partial charge on any atom is 0.160 e. The number of aliphatic hydroxyl groups excluding tert-OH is 1. The van der Waals surface area contributed by atoms with Crippen LogP contribution >= 0.6 is 0 Å². The molecule has 0 radical (unpaired) electrons. The minimum absolute atomic E-state index is 0.209. The van der Waals surface area contributed by atoms with Gasteiger partial charge in [0, 0.05) is 49.8 Å². The number of aromatic nitrogens is 3. The van der Waals surface area contributed by atoms with Gasteiger partial charge >= 0.3 is 0 Å². The number of ether oxygens (including phenoxy) is 2. The van der Waals surface area contributed by atoms with Crippen molar-refractivity contribution >= 4 is 5.82 Å². The maximum absolute atomic E-state index is 9.97. The molecule has 0 saturated carbocycles. The summed E-state index contributed by atoms with van der Waals surface area (Å²) in [5.41, 5.74) is 4.87. The van der Waals surface area contributed by atoms with Gasteiger partial charge in [-0.1, -0.05) is 12.1 Å². The number of aliphatic hydroxyl groups is 1. The lowest BCUT2D eigenvalue weighted by molar-refractivity contribution is 0.108. The first-order valence-electron chi connectivity index (χ1n) is 11.7. The largest absolute Gasteiger partial charge is 0.491 e. The fourth-order valence-corrected chi connectivity index (χ4v) is 4.12. The van der Waals surface area contributed by atoms with Crippen LogP contribution in [0.1, 0.15) is 17.7 Å². The predicted molar refractivity (Wildman–Crippen MR) is 133 cm³/mol. The summed E-state index contributed by atoms with van der Waals surface area (Å²) in [6.45, 7) is 4.35. The molecule has 1 unspecified atom stereocenters. The van der Waals surface area contributed by atoms with Crippen LogP contribution in [0, 0.1) is 12.8 Å². The minimum Gasteiger partial charge on any atom is -0.491 e. The van der Waals surface area contributed by atoms with Crippen LogP contribution in [0.4, 0.5) is 5.82 Å². The first kappa shape index (κ1) is 24.1. The average Bonchev–Trinajstić information content (AvgIpc) is 3.37. The molecular formula is C26H33N5O3. The summed E-state index contributed by atoms with van der Waals surface area (Å²) in [6, 6.07) is 11.7. The van der Waals surface area contributed by atoms with Crippen LogP contribution in [0.3, 0.4) is 0 Å². The van der Waals surface area contributed by atoms with Crippen LogP contribution < -0.4 is 15.4 Å². The molecule has 4 rings (SSSR count). The highest BCUT2D eigenvalue weighted by molar-refractivity contribution is 5.69. The van der Waals surface area contributed by atoms with E-state index in [1.165, 1.54) is 0 Å². The molecule has 2 aromatic heterocycles. The summed E-state index contributed by atoms with van der Waals surface area (Å²) < 4.78 is 11.4. The molecular weight excluding hydrogens is 430 g/mol. The number of nitrogens with zero attached hydrogens (tertiary/aromatic N) is 3. The first-order chi connectivity index (χ1) is 16.6. The van der Waals surface area contributed by atoms with E-state index in [2.05, 4.69) is 22.5 Å². The molecule has 8 nitrogen and oxygen atoms in total. The molecule has 1 saturated heterocycles. The van der Waals surface area contributed by atoms with Crippen LogP contribution in [-0.2, 0) is 11.2 Å². The quantitative estimate of drug-likeness (QED) is 0.422. The normalized spacial score (nSPS) is 16.4. The summed E-state index contributed by atoms with van der Waals surface area (Å²) in [5, 5.41) is 16.0. The van der Waals surface area contributed by atoms with Crippen molar-refractivity contribution in [2.75, 3.05) is 45.8 Å². The van der Waals surface area contributed by atoms with Crippen LogP contribution in [0.2, 0.25) is 0 Å². The van der Waals surface area contributed by atoms with Crippen LogP contribution in [-0.4, -0.2) is 66.6 Å². The zero-order valence-electron chi connectivity index (χ0n) is 20.0. The lowest BCUT2D eigenvalue weighted by atomic mass is 9.97. The Morgan fingerprint density at radius 3 is 2.82 bits per heavy atom. The third-order valence-electron chi connectivity index (χ3n) is 6.02. The SMILES string of the molecule is CNCC(O)COc1cccc(-c2nc(C[C@@H]3CCOC3)c(C)c(-c3ccnc(NC)c3)n2)c1. The van der Waals surface area contributed by atoms with E-state index in [0.717, 1.165) is 60.0 Å². The number of anilines is 1. The van der Waals surface area contributed by atoms with Crippen molar-refractivity contribution in [3.05, 3.63) is 53.9 Å². The first-order valence-corrected chi connectivity index (χ1v) is 11.7. The van der Waals surface area contributed by atoms with Gasteiger partial charge in [0.15, 0.2) is 5.82 Å².